The normalized spacial score (nSPS) is 10.7. The molecule has 2 amide bonds. The van der Waals surface area contributed by atoms with Gasteiger partial charge in [0.25, 0.3) is 11.5 Å². The second-order valence-corrected chi connectivity index (χ2v) is 6.49. The molecule has 1 N–H and O–H groups in total. The van der Waals surface area contributed by atoms with Crippen molar-refractivity contribution >= 4 is 28.4 Å². The van der Waals surface area contributed by atoms with E-state index < -0.39 is 0 Å². The van der Waals surface area contributed by atoms with Crippen molar-refractivity contribution in [3.8, 4) is 0 Å². The van der Waals surface area contributed by atoms with Crippen molar-refractivity contribution in [3.05, 3.63) is 64.4 Å². The van der Waals surface area contributed by atoms with Crippen LogP contribution in [0.1, 0.15) is 30.6 Å². The predicted molar refractivity (Wildman–Crippen MR) is 111 cm³/mol. The van der Waals surface area contributed by atoms with Crippen LogP contribution in [0, 0.1) is 0 Å². The van der Waals surface area contributed by atoms with Crippen LogP contribution in [0.5, 0.6) is 0 Å². The highest BCUT2D eigenvalue weighted by Crippen LogP contribution is 2.13. The van der Waals surface area contributed by atoms with Crippen LogP contribution in [0.2, 0.25) is 0 Å². The minimum atomic E-state index is -0.282. The van der Waals surface area contributed by atoms with Gasteiger partial charge in [0.05, 0.1) is 11.9 Å². The lowest BCUT2D eigenvalue weighted by Crippen LogP contribution is -2.30. The Hall–Kier alpha value is -3.55. The Morgan fingerprint density at radius 3 is 2.59 bits per heavy atom. The van der Waals surface area contributed by atoms with Gasteiger partial charge >= 0.3 is 0 Å². The Bertz CT molecular complexity index is 1090. The zero-order chi connectivity index (χ0) is 20.8. The standard InChI is InChI=1S/C21H23N5O3/c1-3-25(4-2)20(28)15-8-7-9-16(14-15)22-19(27)12-13-26-21(29)17-10-5-6-11-18(17)23-24-26/h5-11,14H,3-4,12-13H2,1-2H3,(H,22,27). The maximum atomic E-state index is 12.5. The van der Waals surface area contributed by atoms with Gasteiger partial charge in [-0.3, -0.25) is 14.4 Å². The second kappa shape index (κ2) is 9.09. The number of nitrogens with zero attached hydrogens (tertiary/aromatic N) is 4. The van der Waals surface area contributed by atoms with Crippen LogP contribution in [0.4, 0.5) is 5.69 Å². The van der Waals surface area contributed by atoms with E-state index in [1.165, 1.54) is 4.68 Å². The highest BCUT2D eigenvalue weighted by Gasteiger charge is 2.13. The number of aryl methyl sites for hydroxylation is 1. The summed E-state index contributed by atoms with van der Waals surface area (Å²) in [7, 11) is 0. The van der Waals surface area contributed by atoms with E-state index in [-0.39, 0.29) is 30.3 Å². The molecule has 0 saturated carbocycles. The summed E-state index contributed by atoms with van der Waals surface area (Å²) in [5.74, 6) is -0.358. The van der Waals surface area contributed by atoms with E-state index in [4.69, 9.17) is 0 Å². The lowest BCUT2D eigenvalue weighted by atomic mass is 10.1. The third kappa shape index (κ3) is 4.66. The van der Waals surface area contributed by atoms with Gasteiger partial charge in [0.1, 0.15) is 5.52 Å². The average Bonchev–Trinajstić information content (AvgIpc) is 2.74. The summed E-state index contributed by atoms with van der Waals surface area (Å²) in [5.41, 5.74) is 1.29. The number of rotatable bonds is 7. The minimum absolute atomic E-state index is 0.0567. The number of hydrogen-bond donors (Lipinski definition) is 1. The van der Waals surface area contributed by atoms with Gasteiger partial charge in [0.15, 0.2) is 0 Å². The van der Waals surface area contributed by atoms with E-state index in [9.17, 15) is 14.4 Å². The quantitative estimate of drug-likeness (QED) is 0.664. The molecule has 0 bridgehead atoms. The number of anilines is 1. The molecule has 1 heterocycles. The van der Waals surface area contributed by atoms with Gasteiger partial charge < -0.3 is 10.2 Å². The maximum absolute atomic E-state index is 12.5. The minimum Gasteiger partial charge on any atom is -0.339 e. The van der Waals surface area contributed by atoms with E-state index in [0.29, 0.717) is 35.2 Å². The van der Waals surface area contributed by atoms with Gasteiger partial charge in [-0.15, -0.1) is 5.10 Å². The molecule has 0 aliphatic carbocycles. The fraction of sp³-hybridized carbons (Fsp3) is 0.286. The van der Waals surface area contributed by atoms with Crippen molar-refractivity contribution in [2.45, 2.75) is 26.8 Å². The monoisotopic (exact) mass is 393 g/mol. The van der Waals surface area contributed by atoms with Crippen LogP contribution >= 0.6 is 0 Å². The van der Waals surface area contributed by atoms with Crippen LogP contribution in [0.25, 0.3) is 10.9 Å². The topological polar surface area (TPSA) is 97.2 Å². The largest absolute Gasteiger partial charge is 0.339 e. The number of carbonyl (C=O) groups excluding carboxylic acids is 2. The Balaban J connectivity index is 1.66. The van der Waals surface area contributed by atoms with Crippen LogP contribution in [-0.2, 0) is 11.3 Å². The van der Waals surface area contributed by atoms with Crippen LogP contribution in [0.3, 0.4) is 0 Å². The first-order valence-electron chi connectivity index (χ1n) is 9.55. The Kier molecular flexibility index (Phi) is 6.33. The molecule has 8 heteroatoms. The summed E-state index contributed by atoms with van der Waals surface area (Å²) < 4.78 is 1.18. The molecule has 0 unspecified atom stereocenters. The van der Waals surface area contributed by atoms with Crippen molar-refractivity contribution in [3.63, 3.8) is 0 Å². The summed E-state index contributed by atoms with van der Waals surface area (Å²) in [6, 6.07) is 13.8. The molecular formula is C21H23N5O3. The van der Waals surface area contributed by atoms with Gasteiger partial charge in [-0.2, -0.15) is 0 Å². The van der Waals surface area contributed by atoms with Gasteiger partial charge in [-0.1, -0.05) is 23.4 Å². The fourth-order valence-corrected chi connectivity index (χ4v) is 3.02. The van der Waals surface area contributed by atoms with Crippen LogP contribution in [-0.4, -0.2) is 44.8 Å². The van der Waals surface area contributed by atoms with E-state index in [1.807, 2.05) is 13.8 Å². The Labute approximate surface area is 168 Å². The van der Waals surface area contributed by atoms with Gasteiger partial charge in [-0.25, -0.2) is 4.68 Å². The summed E-state index contributed by atoms with van der Waals surface area (Å²) >= 11 is 0. The van der Waals surface area contributed by atoms with Crippen LogP contribution < -0.4 is 10.9 Å². The Morgan fingerprint density at radius 1 is 1.07 bits per heavy atom. The molecule has 0 radical (unpaired) electrons. The number of fused-ring (bicyclic) bond motifs is 1. The molecule has 0 aliphatic rings. The second-order valence-electron chi connectivity index (χ2n) is 6.49. The zero-order valence-electron chi connectivity index (χ0n) is 16.5. The van der Waals surface area contributed by atoms with E-state index in [0.717, 1.165) is 0 Å². The van der Waals surface area contributed by atoms with Crippen LogP contribution in [0.15, 0.2) is 53.3 Å². The molecule has 0 aliphatic heterocycles. The molecule has 1 aromatic heterocycles. The SMILES string of the molecule is CCN(CC)C(=O)c1cccc(NC(=O)CCn2nnc3ccccc3c2=O)c1. The lowest BCUT2D eigenvalue weighted by molar-refractivity contribution is -0.116. The highest BCUT2D eigenvalue weighted by molar-refractivity contribution is 5.97. The molecule has 3 rings (SSSR count). The number of aromatic nitrogens is 3. The molecule has 0 spiro atoms. The fourth-order valence-electron chi connectivity index (χ4n) is 3.02. The maximum Gasteiger partial charge on any atom is 0.277 e. The lowest BCUT2D eigenvalue weighted by Gasteiger charge is -2.19. The van der Waals surface area contributed by atoms with Crippen molar-refractivity contribution in [2.75, 3.05) is 18.4 Å². The molecule has 0 saturated heterocycles. The molecule has 0 atom stereocenters. The summed E-state index contributed by atoms with van der Waals surface area (Å²) in [4.78, 5) is 38.9. The number of carbonyl (C=O) groups is 2. The first-order chi connectivity index (χ1) is 14.0. The number of nitrogens with one attached hydrogen (secondary N) is 1. The molecule has 8 nitrogen and oxygen atoms in total. The Morgan fingerprint density at radius 2 is 1.83 bits per heavy atom. The summed E-state index contributed by atoms with van der Waals surface area (Å²) in [6.45, 7) is 5.19. The van der Waals surface area contributed by atoms with Crippen molar-refractivity contribution in [2.24, 2.45) is 0 Å². The predicted octanol–water partition coefficient (Wildman–Crippen LogP) is 2.30. The van der Waals surface area contributed by atoms with Gasteiger partial charge in [-0.05, 0) is 44.2 Å². The molecule has 2 aromatic carbocycles. The van der Waals surface area contributed by atoms with Gasteiger partial charge in [0.2, 0.25) is 5.91 Å². The molecule has 29 heavy (non-hydrogen) atoms. The molecular weight excluding hydrogens is 370 g/mol. The van der Waals surface area contributed by atoms with Crippen molar-refractivity contribution in [1.29, 1.82) is 0 Å². The number of amides is 2. The summed E-state index contributed by atoms with van der Waals surface area (Å²) in [5, 5.41) is 11.1. The first kappa shape index (κ1) is 20.2. The smallest absolute Gasteiger partial charge is 0.277 e. The van der Waals surface area contributed by atoms with Crippen molar-refractivity contribution < 1.29 is 9.59 Å². The van der Waals surface area contributed by atoms with Gasteiger partial charge in [0, 0.05) is 30.8 Å². The summed E-state index contributed by atoms with van der Waals surface area (Å²) in [6.07, 6.45) is 0.0567. The molecule has 150 valence electrons. The zero-order valence-corrected chi connectivity index (χ0v) is 16.5. The third-order valence-corrected chi connectivity index (χ3v) is 4.62. The van der Waals surface area contributed by atoms with Crippen molar-refractivity contribution in [1.82, 2.24) is 19.9 Å². The van der Waals surface area contributed by atoms with E-state index in [2.05, 4.69) is 15.6 Å². The van der Waals surface area contributed by atoms with E-state index in [1.54, 1.807) is 53.4 Å². The molecule has 3 aromatic rings. The number of benzene rings is 2. The molecule has 0 fully saturated rings. The third-order valence-electron chi connectivity index (χ3n) is 4.62. The average molecular weight is 393 g/mol. The van der Waals surface area contributed by atoms with E-state index >= 15 is 0 Å². The first-order valence-corrected chi connectivity index (χ1v) is 9.55. The number of hydrogen-bond acceptors (Lipinski definition) is 5. The highest BCUT2D eigenvalue weighted by atomic mass is 16.2.